The number of nitrogens with zero attached hydrogens (tertiary/aromatic N) is 1. The number of aryl methyl sites for hydroxylation is 1. The van der Waals surface area contributed by atoms with Crippen LogP contribution in [0.3, 0.4) is 0 Å². The van der Waals surface area contributed by atoms with Crippen molar-refractivity contribution in [2.45, 2.75) is 65.1 Å². The summed E-state index contributed by atoms with van der Waals surface area (Å²) in [5, 5.41) is 13.2. The van der Waals surface area contributed by atoms with Gasteiger partial charge < -0.3 is 19.7 Å². The first-order valence-corrected chi connectivity index (χ1v) is 13.3. The third kappa shape index (κ3) is 5.53. The third-order valence-electron chi connectivity index (χ3n) is 7.70. The van der Waals surface area contributed by atoms with E-state index in [1.54, 1.807) is 6.07 Å². The van der Waals surface area contributed by atoms with Crippen molar-refractivity contribution in [3.05, 3.63) is 100.0 Å². The van der Waals surface area contributed by atoms with Crippen molar-refractivity contribution in [2.75, 3.05) is 0 Å². The van der Waals surface area contributed by atoms with Gasteiger partial charge in [0.05, 0.1) is 6.04 Å². The van der Waals surface area contributed by atoms with Crippen LogP contribution in [0.15, 0.2) is 60.7 Å². The van der Waals surface area contributed by atoms with Crippen molar-refractivity contribution in [3.8, 4) is 5.75 Å². The number of amides is 1. The number of fused-ring (bicyclic) bond motifs is 1. The molecule has 202 valence electrons. The summed E-state index contributed by atoms with van der Waals surface area (Å²) in [5.41, 5.74) is 6.85. The molecule has 1 aliphatic rings. The molecule has 6 nitrogen and oxygen atoms in total. The number of carbonyl (C=O) groups excluding carboxylic acids is 1. The van der Waals surface area contributed by atoms with E-state index < -0.39 is 17.9 Å². The van der Waals surface area contributed by atoms with E-state index in [-0.39, 0.29) is 17.7 Å². The van der Waals surface area contributed by atoms with Crippen molar-refractivity contribution >= 4 is 22.8 Å². The molecule has 1 amide bonds. The molecule has 0 radical (unpaired) electrons. The molecule has 0 saturated heterocycles. The smallest absolute Gasteiger partial charge is 0.344 e. The summed E-state index contributed by atoms with van der Waals surface area (Å²) in [6.07, 6.45) is 1.31. The lowest BCUT2D eigenvalue weighted by molar-refractivity contribution is -0.144. The Morgan fingerprint density at radius 1 is 1.08 bits per heavy atom. The Hall–Kier alpha value is -4.13. The van der Waals surface area contributed by atoms with E-state index >= 15 is 0 Å². The van der Waals surface area contributed by atoms with Crippen molar-refractivity contribution in [1.29, 1.82) is 0 Å². The van der Waals surface area contributed by atoms with Crippen LogP contribution in [-0.4, -0.2) is 27.7 Å². The number of rotatable bonds is 9. The molecule has 2 atom stereocenters. The van der Waals surface area contributed by atoms with E-state index in [9.17, 15) is 14.0 Å². The molecule has 1 saturated carbocycles. The first-order chi connectivity index (χ1) is 18.6. The highest BCUT2D eigenvalue weighted by Gasteiger charge is 2.24. The molecule has 1 unspecified atom stereocenters. The second-order valence-electron chi connectivity index (χ2n) is 10.5. The zero-order valence-corrected chi connectivity index (χ0v) is 22.6. The fourth-order valence-corrected chi connectivity index (χ4v) is 5.02. The Bertz CT molecular complexity index is 1570. The highest BCUT2D eigenvalue weighted by molar-refractivity contribution is 5.99. The summed E-state index contributed by atoms with van der Waals surface area (Å²) >= 11 is 0. The highest BCUT2D eigenvalue weighted by Crippen LogP contribution is 2.40. The van der Waals surface area contributed by atoms with Gasteiger partial charge in [-0.25, -0.2) is 9.18 Å². The van der Waals surface area contributed by atoms with Gasteiger partial charge in [-0.05, 0) is 99.0 Å². The van der Waals surface area contributed by atoms with E-state index in [4.69, 9.17) is 9.84 Å². The SMILES string of the molecule is Cc1c(C)n(Cc2ccc(F)c(OC(C)C(=O)O)c2)c2ccc(C(=O)N[C@@H](C)c3cccc(C4CC4)c3)cc12. The summed E-state index contributed by atoms with van der Waals surface area (Å²) in [7, 11) is 0. The molecule has 7 heteroatoms. The van der Waals surface area contributed by atoms with Gasteiger partial charge in [-0.3, -0.25) is 4.79 Å². The lowest BCUT2D eigenvalue weighted by Gasteiger charge is -2.16. The number of aliphatic carboxylic acids is 1. The monoisotopic (exact) mass is 528 g/mol. The number of benzene rings is 3. The number of hydrogen-bond acceptors (Lipinski definition) is 3. The predicted molar refractivity (Wildman–Crippen MR) is 149 cm³/mol. The van der Waals surface area contributed by atoms with Crippen molar-refractivity contribution < 1.29 is 23.8 Å². The first-order valence-electron chi connectivity index (χ1n) is 13.3. The van der Waals surface area contributed by atoms with Crippen LogP contribution in [0.4, 0.5) is 4.39 Å². The van der Waals surface area contributed by atoms with Crippen molar-refractivity contribution in [3.63, 3.8) is 0 Å². The second-order valence-corrected chi connectivity index (χ2v) is 10.5. The maximum Gasteiger partial charge on any atom is 0.344 e. The summed E-state index contributed by atoms with van der Waals surface area (Å²) in [6, 6.07) is 18.6. The average Bonchev–Trinajstić information content (AvgIpc) is 3.75. The van der Waals surface area contributed by atoms with E-state index in [2.05, 4.69) is 34.1 Å². The van der Waals surface area contributed by atoms with Crippen molar-refractivity contribution in [2.24, 2.45) is 0 Å². The van der Waals surface area contributed by atoms with Crippen LogP contribution in [-0.2, 0) is 11.3 Å². The van der Waals surface area contributed by atoms with Gasteiger partial charge in [-0.2, -0.15) is 0 Å². The number of carbonyl (C=O) groups is 2. The van der Waals surface area contributed by atoms with Crippen LogP contribution in [0.1, 0.15) is 77.0 Å². The van der Waals surface area contributed by atoms with Crippen LogP contribution in [0, 0.1) is 19.7 Å². The Kier molecular flexibility index (Phi) is 7.17. The van der Waals surface area contributed by atoms with Gasteiger partial charge in [0.15, 0.2) is 17.7 Å². The molecule has 1 aliphatic carbocycles. The lowest BCUT2D eigenvalue weighted by Crippen LogP contribution is -2.26. The Morgan fingerprint density at radius 3 is 2.56 bits per heavy atom. The maximum absolute atomic E-state index is 14.3. The minimum Gasteiger partial charge on any atom is -0.479 e. The van der Waals surface area contributed by atoms with Crippen molar-refractivity contribution in [1.82, 2.24) is 9.88 Å². The van der Waals surface area contributed by atoms with Crippen LogP contribution in [0.5, 0.6) is 5.75 Å². The minimum absolute atomic E-state index is 0.0935. The molecule has 0 bridgehead atoms. The van der Waals surface area contributed by atoms with Gasteiger partial charge >= 0.3 is 5.97 Å². The summed E-state index contributed by atoms with van der Waals surface area (Å²) in [6.45, 7) is 7.84. The van der Waals surface area contributed by atoms with Gasteiger partial charge in [0.2, 0.25) is 0 Å². The van der Waals surface area contributed by atoms with Crippen LogP contribution >= 0.6 is 0 Å². The maximum atomic E-state index is 14.3. The first kappa shape index (κ1) is 26.5. The number of hydrogen-bond donors (Lipinski definition) is 2. The molecule has 5 rings (SSSR count). The largest absolute Gasteiger partial charge is 0.479 e. The zero-order chi connectivity index (χ0) is 27.8. The normalized spacial score (nSPS) is 14.7. The van der Waals surface area contributed by atoms with E-state index in [1.165, 1.54) is 37.5 Å². The van der Waals surface area contributed by atoms with Gasteiger partial charge in [-0.1, -0.05) is 30.3 Å². The van der Waals surface area contributed by atoms with Gasteiger partial charge in [-0.15, -0.1) is 0 Å². The number of halogens is 1. The number of ether oxygens (including phenoxy) is 1. The molecular weight excluding hydrogens is 495 g/mol. The Labute approximate surface area is 227 Å². The van der Waals surface area contributed by atoms with E-state index in [0.29, 0.717) is 18.0 Å². The zero-order valence-electron chi connectivity index (χ0n) is 22.6. The third-order valence-corrected chi connectivity index (χ3v) is 7.70. The van der Waals surface area contributed by atoms with Gasteiger partial charge in [0.1, 0.15) is 0 Å². The molecule has 0 spiro atoms. The number of nitrogens with one attached hydrogen (secondary N) is 1. The summed E-state index contributed by atoms with van der Waals surface area (Å²) < 4.78 is 21.7. The number of carboxylic acids is 1. The molecule has 39 heavy (non-hydrogen) atoms. The highest BCUT2D eigenvalue weighted by atomic mass is 19.1. The minimum atomic E-state index is -1.17. The molecule has 2 N–H and O–H groups in total. The molecule has 3 aromatic carbocycles. The average molecular weight is 529 g/mol. The quantitative estimate of drug-likeness (QED) is 0.254. The molecule has 1 heterocycles. The molecule has 0 aliphatic heterocycles. The fourth-order valence-electron chi connectivity index (χ4n) is 5.02. The second kappa shape index (κ2) is 10.6. The number of carboxylic acid groups (broad SMARTS) is 1. The predicted octanol–water partition coefficient (Wildman–Crippen LogP) is 6.67. The molecular formula is C32H33FN2O4. The van der Waals surface area contributed by atoms with Gasteiger partial charge in [0.25, 0.3) is 5.91 Å². The van der Waals surface area contributed by atoms with E-state index in [0.717, 1.165) is 33.3 Å². The molecule has 1 fully saturated rings. The summed E-state index contributed by atoms with van der Waals surface area (Å²) in [4.78, 5) is 24.3. The Balaban J connectivity index is 1.37. The lowest BCUT2D eigenvalue weighted by atomic mass is 10.0. The fraction of sp³-hybridized carbons (Fsp3) is 0.312. The topological polar surface area (TPSA) is 80.6 Å². The Morgan fingerprint density at radius 2 is 1.85 bits per heavy atom. The molecule has 1 aromatic heterocycles. The van der Waals surface area contributed by atoms with E-state index in [1.807, 2.05) is 39.0 Å². The standard InChI is InChI=1S/C32H33FN2O4/c1-18-20(3)35(17-22-8-12-28(33)30(14-22)39-21(4)32(37)38)29-13-11-26(16-27(18)29)31(36)34-19(2)24-6-5-7-25(15-24)23-9-10-23/h5-8,11-16,19,21,23H,9-10,17H2,1-4H3,(H,34,36)(H,37,38)/t19-,21?/m0/s1. The van der Waals surface area contributed by atoms with Crippen LogP contribution in [0.25, 0.3) is 10.9 Å². The van der Waals surface area contributed by atoms with Gasteiger partial charge in [0, 0.05) is 28.7 Å². The van der Waals surface area contributed by atoms with Crippen LogP contribution < -0.4 is 10.1 Å². The number of aromatic nitrogens is 1. The summed E-state index contributed by atoms with van der Waals surface area (Å²) in [5.74, 6) is -1.33. The molecule has 4 aromatic rings. The van der Waals surface area contributed by atoms with Crippen LogP contribution in [0.2, 0.25) is 0 Å².